The third-order valence-corrected chi connectivity index (χ3v) is 7.98. The maximum absolute atomic E-state index is 13.8. The number of aliphatic hydroxyl groups excluding tert-OH is 2. The van der Waals surface area contributed by atoms with Crippen LogP contribution in [0.25, 0.3) is 0 Å². The summed E-state index contributed by atoms with van der Waals surface area (Å²) in [5, 5.41) is 46.7. The molecule has 1 aromatic carbocycles. The van der Waals surface area contributed by atoms with E-state index >= 15 is 0 Å². The highest BCUT2D eigenvalue weighted by atomic mass is 16.3. The molecule has 3 aliphatic carbocycles. The van der Waals surface area contributed by atoms with E-state index in [1.54, 1.807) is 18.2 Å². The number of Topliss-reactive ketones (excluding diaryl/α,β-unsaturated/α-hetero) is 2. The summed E-state index contributed by atoms with van der Waals surface area (Å²) in [4.78, 5) is 55.1. The molecular formula is C28H27N3O8. The molecular weight excluding hydrogens is 506 g/mol. The maximum atomic E-state index is 13.8. The number of nitrogens with zero attached hydrogens (tertiary/aromatic N) is 1. The zero-order chi connectivity index (χ0) is 28.2. The predicted octanol–water partition coefficient (Wildman–Crippen LogP) is 1.47. The molecule has 0 bridgehead atoms. The number of carbonyl (C=O) groups excluding carboxylic acids is 4. The lowest BCUT2D eigenvalue weighted by Gasteiger charge is -2.45. The van der Waals surface area contributed by atoms with Crippen molar-refractivity contribution in [3.63, 3.8) is 0 Å². The van der Waals surface area contributed by atoms with Crippen molar-refractivity contribution >= 4 is 23.4 Å². The highest BCUT2D eigenvalue weighted by Gasteiger charge is 2.59. The first-order valence-electron chi connectivity index (χ1n) is 12.5. The van der Waals surface area contributed by atoms with Crippen molar-refractivity contribution in [2.75, 3.05) is 0 Å². The number of hydrogen-bond donors (Lipinski definition) is 6. The van der Waals surface area contributed by atoms with Gasteiger partial charge in [-0.3, -0.25) is 24.2 Å². The summed E-state index contributed by atoms with van der Waals surface area (Å²) in [6.45, 7) is 1.78. The Bertz CT molecular complexity index is 1510. The lowest BCUT2D eigenvalue weighted by molar-refractivity contribution is -0.144. The first-order chi connectivity index (χ1) is 18.5. The molecule has 0 saturated carbocycles. The second kappa shape index (κ2) is 9.35. The van der Waals surface area contributed by atoms with Gasteiger partial charge >= 0.3 is 0 Å². The first-order valence-corrected chi connectivity index (χ1v) is 12.5. The monoisotopic (exact) mass is 533 g/mol. The second-order valence-corrected chi connectivity index (χ2v) is 10.1. The molecule has 11 nitrogen and oxygen atoms in total. The first kappa shape index (κ1) is 26.1. The van der Waals surface area contributed by atoms with Gasteiger partial charge in [-0.15, -0.1) is 0 Å². The summed E-state index contributed by atoms with van der Waals surface area (Å²) in [5.74, 6) is -7.15. The minimum atomic E-state index is -2.62. The van der Waals surface area contributed by atoms with Crippen molar-refractivity contribution in [3.8, 4) is 5.75 Å². The van der Waals surface area contributed by atoms with Gasteiger partial charge in [0.25, 0.3) is 11.8 Å². The standard InChI is InChI=1S/C28H27N3O8/c1-2-12-6-15(11-31-27(38)13-4-3-5-30-10-13)22(33)20-17(12)8-14-7-16-9-18(32)21(26(29)37)25(36)28(16,39)24(35)19(14)23(20)34/h3-6,10,14,16,32-33,35,39H,2,7-9,11H2,1H3,(H2,29,37)(H,31,38)/t14-,16+,28+/m1/s1. The van der Waals surface area contributed by atoms with Gasteiger partial charge in [0, 0.05) is 42.4 Å². The van der Waals surface area contributed by atoms with Crippen LogP contribution >= 0.6 is 0 Å². The average molecular weight is 534 g/mol. The molecule has 0 radical (unpaired) electrons. The van der Waals surface area contributed by atoms with Crippen molar-refractivity contribution in [1.29, 1.82) is 0 Å². The SMILES string of the molecule is CCc1cc(CNC(=O)c2cccnc2)c(O)c2c1C[C@H]1C[C@H]3CC(O)=C(C(N)=O)C(=O)[C@@]3(O)C(O)=C1C2=O. The Morgan fingerprint density at radius 3 is 2.56 bits per heavy atom. The Kier molecular flexibility index (Phi) is 6.26. The molecule has 7 N–H and O–H groups in total. The molecule has 39 heavy (non-hydrogen) atoms. The van der Waals surface area contributed by atoms with Crippen molar-refractivity contribution in [1.82, 2.24) is 10.3 Å². The average Bonchev–Trinajstić information content (AvgIpc) is 2.90. The molecule has 5 rings (SSSR count). The Balaban J connectivity index is 1.56. The fraction of sp³-hybridized carbons (Fsp3) is 0.321. The van der Waals surface area contributed by atoms with Gasteiger partial charge in [0.05, 0.1) is 11.1 Å². The van der Waals surface area contributed by atoms with E-state index in [1.165, 1.54) is 12.4 Å². The normalized spacial score (nSPS) is 24.2. The number of aromatic nitrogens is 1. The summed E-state index contributed by atoms with van der Waals surface area (Å²) in [6, 6.07) is 4.91. The molecule has 0 aliphatic heterocycles. The molecule has 0 saturated heterocycles. The van der Waals surface area contributed by atoms with E-state index in [9.17, 15) is 39.6 Å². The minimum Gasteiger partial charge on any atom is -0.511 e. The largest absolute Gasteiger partial charge is 0.511 e. The van der Waals surface area contributed by atoms with Crippen LogP contribution in [0.2, 0.25) is 0 Å². The predicted molar refractivity (Wildman–Crippen MR) is 136 cm³/mol. The van der Waals surface area contributed by atoms with E-state index in [-0.39, 0.29) is 48.3 Å². The van der Waals surface area contributed by atoms with Gasteiger partial charge in [-0.25, -0.2) is 0 Å². The number of nitrogens with one attached hydrogen (secondary N) is 1. The number of amides is 2. The van der Waals surface area contributed by atoms with Gasteiger partial charge < -0.3 is 31.5 Å². The van der Waals surface area contributed by atoms with Gasteiger partial charge in [0.1, 0.15) is 22.8 Å². The minimum absolute atomic E-state index is 0.0652. The summed E-state index contributed by atoms with van der Waals surface area (Å²) in [7, 11) is 0. The van der Waals surface area contributed by atoms with Crippen LogP contribution in [0, 0.1) is 11.8 Å². The Hall–Kier alpha value is -4.51. The number of benzene rings is 1. The number of primary amides is 1. The molecule has 11 heteroatoms. The van der Waals surface area contributed by atoms with Crippen molar-refractivity contribution < 1.29 is 39.6 Å². The lowest BCUT2D eigenvalue weighted by atomic mass is 9.60. The number of phenolic OH excluding ortho intramolecular Hbond substituents is 1. The molecule has 0 spiro atoms. The lowest BCUT2D eigenvalue weighted by Crippen LogP contribution is -2.57. The van der Waals surface area contributed by atoms with E-state index in [0.29, 0.717) is 17.5 Å². The van der Waals surface area contributed by atoms with E-state index in [1.807, 2.05) is 6.92 Å². The van der Waals surface area contributed by atoms with Gasteiger partial charge in [-0.05, 0) is 48.4 Å². The molecule has 1 heterocycles. The third kappa shape index (κ3) is 3.88. The molecule has 0 fully saturated rings. The topological polar surface area (TPSA) is 200 Å². The number of pyridine rings is 1. The van der Waals surface area contributed by atoms with E-state index < -0.39 is 57.9 Å². The maximum Gasteiger partial charge on any atom is 0.255 e. The number of aryl methyl sites for hydroxylation is 1. The van der Waals surface area contributed by atoms with Crippen molar-refractivity contribution in [3.05, 3.63) is 81.1 Å². The van der Waals surface area contributed by atoms with Crippen LogP contribution in [0.1, 0.15) is 57.2 Å². The number of ketones is 2. The van der Waals surface area contributed by atoms with Gasteiger partial charge in [-0.1, -0.05) is 13.0 Å². The summed E-state index contributed by atoms with van der Waals surface area (Å²) < 4.78 is 0. The van der Waals surface area contributed by atoms with Crippen LogP contribution < -0.4 is 11.1 Å². The second-order valence-electron chi connectivity index (χ2n) is 10.1. The number of nitrogens with two attached hydrogens (primary N) is 1. The zero-order valence-electron chi connectivity index (χ0n) is 21.0. The number of hydrogen-bond acceptors (Lipinski definition) is 9. The fourth-order valence-electron chi connectivity index (χ4n) is 6.05. The molecule has 202 valence electrons. The molecule has 0 unspecified atom stereocenters. The van der Waals surface area contributed by atoms with Gasteiger partial charge in [0.2, 0.25) is 5.78 Å². The van der Waals surface area contributed by atoms with E-state index in [4.69, 9.17) is 5.73 Å². The molecule has 3 atom stereocenters. The summed E-state index contributed by atoms with van der Waals surface area (Å²) in [6.07, 6.45) is 3.44. The number of rotatable bonds is 5. The Morgan fingerprint density at radius 2 is 1.92 bits per heavy atom. The molecule has 2 amide bonds. The molecule has 2 aromatic rings. The number of aromatic hydroxyl groups is 1. The Morgan fingerprint density at radius 1 is 1.18 bits per heavy atom. The highest BCUT2D eigenvalue weighted by molar-refractivity contribution is 6.24. The van der Waals surface area contributed by atoms with Crippen LogP contribution in [0.4, 0.5) is 0 Å². The number of phenols is 1. The van der Waals surface area contributed by atoms with Crippen molar-refractivity contribution in [2.24, 2.45) is 17.6 Å². The zero-order valence-corrected chi connectivity index (χ0v) is 21.0. The smallest absolute Gasteiger partial charge is 0.255 e. The van der Waals surface area contributed by atoms with Crippen LogP contribution in [0.5, 0.6) is 5.75 Å². The quantitative estimate of drug-likeness (QED) is 0.308. The fourth-order valence-corrected chi connectivity index (χ4v) is 6.05. The van der Waals surface area contributed by atoms with Gasteiger partial charge in [-0.2, -0.15) is 0 Å². The van der Waals surface area contributed by atoms with E-state index in [0.717, 1.165) is 5.56 Å². The molecule has 1 aromatic heterocycles. The van der Waals surface area contributed by atoms with Crippen LogP contribution in [0.15, 0.2) is 53.3 Å². The third-order valence-electron chi connectivity index (χ3n) is 7.98. The van der Waals surface area contributed by atoms with Gasteiger partial charge in [0.15, 0.2) is 11.4 Å². The molecule has 3 aliphatic rings. The number of aliphatic hydroxyl groups is 3. The van der Waals surface area contributed by atoms with Crippen LogP contribution in [-0.2, 0) is 29.0 Å². The van der Waals surface area contributed by atoms with E-state index in [2.05, 4.69) is 10.3 Å². The highest BCUT2D eigenvalue weighted by Crippen LogP contribution is 2.52. The van der Waals surface area contributed by atoms with Crippen LogP contribution in [-0.4, -0.2) is 54.4 Å². The summed E-state index contributed by atoms with van der Waals surface area (Å²) in [5.41, 5.74) is 3.44. The van der Waals surface area contributed by atoms with Crippen molar-refractivity contribution in [2.45, 2.75) is 44.8 Å². The number of fused-ring (bicyclic) bond motifs is 3. The van der Waals surface area contributed by atoms with Crippen LogP contribution in [0.3, 0.4) is 0 Å². The summed E-state index contributed by atoms with van der Waals surface area (Å²) >= 11 is 0. The number of carbonyl (C=O) groups is 4. The Labute approximate surface area is 222 Å². The number of allylic oxidation sites excluding steroid dienone is 2.